The van der Waals surface area contributed by atoms with Crippen molar-refractivity contribution in [3.8, 4) is 0 Å². The van der Waals surface area contributed by atoms with E-state index < -0.39 is 0 Å². The van der Waals surface area contributed by atoms with Crippen LogP contribution in [0.2, 0.25) is 0 Å². The van der Waals surface area contributed by atoms with E-state index in [9.17, 15) is 9.59 Å². The Labute approximate surface area is 206 Å². The molecule has 3 amide bonds. The number of nitrogens with zero attached hydrogens (tertiary/aromatic N) is 1. The molecule has 0 aromatic heterocycles. The van der Waals surface area contributed by atoms with E-state index in [0.29, 0.717) is 30.1 Å². The lowest BCUT2D eigenvalue weighted by Crippen LogP contribution is -2.33. The molecule has 0 radical (unpaired) electrons. The van der Waals surface area contributed by atoms with Gasteiger partial charge >= 0.3 is 6.03 Å². The van der Waals surface area contributed by atoms with E-state index in [1.165, 1.54) is 11.1 Å². The van der Waals surface area contributed by atoms with Crippen molar-refractivity contribution in [1.29, 1.82) is 0 Å². The maximum atomic E-state index is 13.2. The first-order valence-corrected chi connectivity index (χ1v) is 11.9. The van der Waals surface area contributed by atoms with Gasteiger partial charge in [0, 0.05) is 50.4 Å². The van der Waals surface area contributed by atoms with Crippen LogP contribution >= 0.6 is 0 Å². The Bertz CT molecular complexity index is 1180. The predicted octanol–water partition coefficient (Wildman–Crippen LogP) is 4.97. The summed E-state index contributed by atoms with van der Waals surface area (Å²) >= 11 is 0. The Morgan fingerprint density at radius 2 is 1.66 bits per heavy atom. The lowest BCUT2D eigenvalue weighted by molar-refractivity contribution is 0.0949. The molecule has 0 atom stereocenters. The highest BCUT2D eigenvalue weighted by Crippen LogP contribution is 2.29. The summed E-state index contributed by atoms with van der Waals surface area (Å²) in [7, 11) is 1.64. The number of benzene rings is 3. The van der Waals surface area contributed by atoms with Gasteiger partial charge in [0.15, 0.2) is 0 Å². The molecule has 3 aromatic carbocycles. The van der Waals surface area contributed by atoms with Crippen molar-refractivity contribution in [2.24, 2.45) is 0 Å². The van der Waals surface area contributed by atoms with E-state index >= 15 is 0 Å². The zero-order valence-corrected chi connectivity index (χ0v) is 20.3. The number of fused-ring (bicyclic) bond motifs is 1. The Morgan fingerprint density at radius 1 is 0.943 bits per heavy atom. The minimum atomic E-state index is -0.361. The van der Waals surface area contributed by atoms with E-state index in [4.69, 9.17) is 4.74 Å². The fourth-order valence-corrected chi connectivity index (χ4v) is 4.22. The van der Waals surface area contributed by atoms with Crippen LogP contribution in [0.1, 0.15) is 33.5 Å². The number of rotatable bonds is 8. The largest absolute Gasteiger partial charge is 0.385 e. The minimum absolute atomic E-state index is 0.169. The van der Waals surface area contributed by atoms with Crippen LogP contribution in [0.4, 0.5) is 21.9 Å². The predicted molar refractivity (Wildman–Crippen MR) is 140 cm³/mol. The molecule has 3 aromatic rings. The van der Waals surface area contributed by atoms with Gasteiger partial charge in [-0.1, -0.05) is 42.0 Å². The summed E-state index contributed by atoms with van der Waals surface area (Å²) in [6.45, 7) is 4.65. The molecule has 1 aliphatic rings. The van der Waals surface area contributed by atoms with Crippen molar-refractivity contribution in [2.75, 3.05) is 42.3 Å². The lowest BCUT2D eigenvalue weighted by atomic mass is 9.98. The molecular weight excluding hydrogens is 440 g/mol. The molecule has 182 valence electrons. The second kappa shape index (κ2) is 11.5. The fourth-order valence-electron chi connectivity index (χ4n) is 4.22. The SMILES string of the molecule is COCCCNC(=O)c1cc(NC(=O)Nc2ccc(C)cc2)ccc1N1CCc2ccccc2C1. The monoisotopic (exact) mass is 472 g/mol. The maximum absolute atomic E-state index is 13.2. The third-order valence-electron chi connectivity index (χ3n) is 6.09. The zero-order valence-electron chi connectivity index (χ0n) is 20.3. The number of nitrogens with one attached hydrogen (secondary N) is 3. The van der Waals surface area contributed by atoms with Crippen molar-refractivity contribution < 1.29 is 14.3 Å². The molecule has 0 saturated carbocycles. The number of hydrogen-bond donors (Lipinski definition) is 3. The number of amides is 3. The topological polar surface area (TPSA) is 82.7 Å². The molecular formula is C28H32N4O3. The van der Waals surface area contributed by atoms with Crippen LogP contribution in [-0.4, -0.2) is 38.7 Å². The third-order valence-corrected chi connectivity index (χ3v) is 6.09. The average molecular weight is 473 g/mol. The van der Waals surface area contributed by atoms with Crippen LogP contribution in [-0.2, 0) is 17.7 Å². The summed E-state index contributed by atoms with van der Waals surface area (Å²) < 4.78 is 5.09. The number of aryl methyl sites for hydroxylation is 1. The van der Waals surface area contributed by atoms with Crippen LogP contribution in [0.5, 0.6) is 0 Å². The molecule has 1 heterocycles. The number of methoxy groups -OCH3 is 1. The van der Waals surface area contributed by atoms with E-state index in [1.807, 2.05) is 49.4 Å². The Hall–Kier alpha value is -3.84. The summed E-state index contributed by atoms with van der Waals surface area (Å²) in [5.74, 6) is -0.169. The number of urea groups is 1. The molecule has 7 nitrogen and oxygen atoms in total. The van der Waals surface area contributed by atoms with Gasteiger partial charge in [0.2, 0.25) is 0 Å². The van der Waals surface area contributed by atoms with Crippen molar-refractivity contribution in [3.63, 3.8) is 0 Å². The Kier molecular flexibility index (Phi) is 8.00. The Balaban J connectivity index is 1.53. The van der Waals surface area contributed by atoms with Crippen LogP contribution in [0.3, 0.4) is 0 Å². The van der Waals surface area contributed by atoms with Gasteiger partial charge < -0.3 is 25.6 Å². The van der Waals surface area contributed by atoms with Gasteiger partial charge in [0.05, 0.1) is 5.56 Å². The lowest BCUT2D eigenvalue weighted by Gasteiger charge is -2.32. The normalized spacial score (nSPS) is 12.6. The number of hydrogen-bond acceptors (Lipinski definition) is 4. The van der Waals surface area contributed by atoms with Gasteiger partial charge in [-0.25, -0.2) is 4.79 Å². The molecule has 3 N–H and O–H groups in total. The first-order valence-electron chi connectivity index (χ1n) is 11.9. The minimum Gasteiger partial charge on any atom is -0.385 e. The van der Waals surface area contributed by atoms with E-state index in [2.05, 4.69) is 39.0 Å². The van der Waals surface area contributed by atoms with Gasteiger partial charge in [-0.15, -0.1) is 0 Å². The van der Waals surface area contributed by atoms with Gasteiger partial charge in [0.25, 0.3) is 5.91 Å². The van der Waals surface area contributed by atoms with Crippen LogP contribution in [0.25, 0.3) is 0 Å². The quantitative estimate of drug-likeness (QED) is 0.405. The van der Waals surface area contributed by atoms with Crippen molar-refractivity contribution in [3.05, 3.63) is 89.0 Å². The van der Waals surface area contributed by atoms with E-state index in [-0.39, 0.29) is 11.9 Å². The molecule has 0 spiro atoms. The van der Waals surface area contributed by atoms with Crippen LogP contribution in [0, 0.1) is 6.92 Å². The molecule has 0 saturated heterocycles. The van der Waals surface area contributed by atoms with Gasteiger partial charge in [-0.05, 0) is 61.2 Å². The second-order valence-corrected chi connectivity index (χ2v) is 8.72. The number of ether oxygens (including phenoxy) is 1. The Morgan fingerprint density at radius 3 is 2.43 bits per heavy atom. The fraction of sp³-hybridized carbons (Fsp3) is 0.286. The average Bonchev–Trinajstić information content (AvgIpc) is 2.87. The third kappa shape index (κ3) is 6.39. The summed E-state index contributed by atoms with van der Waals surface area (Å²) in [4.78, 5) is 28.0. The molecule has 0 fully saturated rings. The van der Waals surface area contributed by atoms with Crippen molar-refractivity contribution in [2.45, 2.75) is 26.3 Å². The van der Waals surface area contributed by atoms with Crippen LogP contribution in [0.15, 0.2) is 66.7 Å². The van der Waals surface area contributed by atoms with E-state index in [0.717, 1.165) is 37.2 Å². The van der Waals surface area contributed by atoms with Gasteiger partial charge in [0.1, 0.15) is 0 Å². The molecule has 0 aliphatic carbocycles. The highest BCUT2D eigenvalue weighted by atomic mass is 16.5. The smallest absolute Gasteiger partial charge is 0.323 e. The standard InChI is InChI=1S/C28H32N4O3/c1-20-8-10-23(11-9-20)30-28(34)31-24-12-13-26(25(18-24)27(33)29-15-5-17-35-2)32-16-14-21-6-3-4-7-22(21)19-32/h3-4,6-13,18H,5,14-17,19H2,1-2H3,(H,29,33)(H2,30,31,34). The van der Waals surface area contributed by atoms with Gasteiger partial charge in [-0.3, -0.25) is 4.79 Å². The summed E-state index contributed by atoms with van der Waals surface area (Å²) in [6, 6.07) is 21.1. The van der Waals surface area contributed by atoms with Gasteiger partial charge in [-0.2, -0.15) is 0 Å². The van der Waals surface area contributed by atoms with E-state index in [1.54, 1.807) is 13.2 Å². The second-order valence-electron chi connectivity index (χ2n) is 8.72. The highest BCUT2D eigenvalue weighted by molar-refractivity contribution is 6.04. The molecule has 4 rings (SSSR count). The molecule has 35 heavy (non-hydrogen) atoms. The van der Waals surface area contributed by atoms with Crippen molar-refractivity contribution in [1.82, 2.24) is 5.32 Å². The summed E-state index contributed by atoms with van der Waals surface area (Å²) in [6.07, 6.45) is 1.65. The zero-order chi connectivity index (χ0) is 24.6. The number of anilines is 3. The summed E-state index contributed by atoms with van der Waals surface area (Å²) in [5.41, 5.74) is 6.38. The highest BCUT2D eigenvalue weighted by Gasteiger charge is 2.22. The first kappa shape index (κ1) is 24.3. The number of carbonyl (C=O) groups is 2. The number of carbonyl (C=O) groups excluding carboxylic acids is 2. The molecule has 0 bridgehead atoms. The molecule has 7 heteroatoms. The molecule has 1 aliphatic heterocycles. The van der Waals surface area contributed by atoms with Crippen molar-refractivity contribution >= 4 is 29.0 Å². The summed E-state index contributed by atoms with van der Waals surface area (Å²) in [5, 5.41) is 8.67. The van der Waals surface area contributed by atoms with Crippen LogP contribution < -0.4 is 20.9 Å². The first-order chi connectivity index (χ1) is 17.0. The maximum Gasteiger partial charge on any atom is 0.323 e. The molecule has 0 unspecified atom stereocenters.